The lowest BCUT2D eigenvalue weighted by molar-refractivity contribution is 0.111. The van der Waals surface area contributed by atoms with Crippen LogP contribution in [0.4, 0.5) is 0 Å². The number of halogens is 1. The van der Waals surface area contributed by atoms with Crippen LogP contribution in [0.5, 0.6) is 5.75 Å². The highest BCUT2D eigenvalue weighted by Crippen LogP contribution is 2.24. The van der Waals surface area contributed by atoms with Gasteiger partial charge >= 0.3 is 0 Å². The van der Waals surface area contributed by atoms with Crippen molar-refractivity contribution in [3.8, 4) is 5.75 Å². The third kappa shape index (κ3) is 2.62. The van der Waals surface area contributed by atoms with E-state index in [1.165, 1.54) is 0 Å². The lowest BCUT2D eigenvalue weighted by Gasteiger charge is -2.07. The summed E-state index contributed by atoms with van der Waals surface area (Å²) in [5.41, 5.74) is 2.31. The van der Waals surface area contributed by atoms with Gasteiger partial charge in [-0.25, -0.2) is 0 Å². The van der Waals surface area contributed by atoms with Gasteiger partial charge in [0, 0.05) is 17.5 Å². The van der Waals surface area contributed by atoms with E-state index in [1.807, 2.05) is 36.0 Å². The van der Waals surface area contributed by atoms with Gasteiger partial charge in [0.05, 0.1) is 11.1 Å². The van der Waals surface area contributed by atoms with E-state index in [0.717, 1.165) is 22.9 Å². The van der Waals surface area contributed by atoms with Gasteiger partial charge in [-0.3, -0.25) is 9.48 Å². The standard InChI is InChI=1S/C16H13ClN2O2/c1-19-15-5-3-2-4-13(15)14(18-19)10-21-16-7-6-12(17)8-11(16)9-20/h2-9H,10H2,1H3. The molecule has 0 saturated carbocycles. The minimum absolute atomic E-state index is 0.295. The number of aromatic nitrogens is 2. The van der Waals surface area contributed by atoms with Crippen molar-refractivity contribution in [2.75, 3.05) is 0 Å². The molecule has 0 aliphatic rings. The first-order valence-corrected chi connectivity index (χ1v) is 6.85. The van der Waals surface area contributed by atoms with Crippen LogP contribution in [-0.4, -0.2) is 16.1 Å². The number of hydrogen-bond acceptors (Lipinski definition) is 3. The van der Waals surface area contributed by atoms with Gasteiger partial charge in [-0.05, 0) is 24.3 Å². The molecule has 3 aromatic rings. The molecular weight excluding hydrogens is 288 g/mol. The number of rotatable bonds is 4. The summed E-state index contributed by atoms with van der Waals surface area (Å²) in [6.45, 7) is 0.295. The van der Waals surface area contributed by atoms with Gasteiger partial charge in [0.2, 0.25) is 0 Å². The van der Waals surface area contributed by atoms with E-state index in [1.54, 1.807) is 18.2 Å². The third-order valence-electron chi connectivity index (χ3n) is 3.30. The van der Waals surface area contributed by atoms with Gasteiger partial charge in [0.1, 0.15) is 18.1 Å². The van der Waals surface area contributed by atoms with Crippen molar-refractivity contribution in [2.45, 2.75) is 6.61 Å². The predicted molar refractivity (Wildman–Crippen MR) is 81.9 cm³/mol. The molecular formula is C16H13ClN2O2. The maximum absolute atomic E-state index is 11.0. The van der Waals surface area contributed by atoms with E-state index < -0.39 is 0 Å². The number of carbonyl (C=O) groups excluding carboxylic acids is 1. The summed E-state index contributed by atoms with van der Waals surface area (Å²) in [5, 5.41) is 6.01. The van der Waals surface area contributed by atoms with E-state index in [2.05, 4.69) is 5.10 Å². The average molecular weight is 301 g/mol. The number of aryl methyl sites for hydroxylation is 1. The average Bonchev–Trinajstić information content (AvgIpc) is 2.83. The quantitative estimate of drug-likeness (QED) is 0.691. The maximum Gasteiger partial charge on any atom is 0.153 e. The Bertz CT molecular complexity index is 811. The zero-order chi connectivity index (χ0) is 14.8. The van der Waals surface area contributed by atoms with E-state index in [4.69, 9.17) is 16.3 Å². The monoisotopic (exact) mass is 300 g/mol. The number of aldehydes is 1. The molecule has 5 heteroatoms. The van der Waals surface area contributed by atoms with E-state index in [0.29, 0.717) is 22.9 Å². The van der Waals surface area contributed by atoms with Crippen molar-refractivity contribution < 1.29 is 9.53 Å². The zero-order valence-corrected chi connectivity index (χ0v) is 12.2. The number of para-hydroxylation sites is 1. The first kappa shape index (κ1) is 13.6. The van der Waals surface area contributed by atoms with Crippen molar-refractivity contribution in [1.29, 1.82) is 0 Å². The topological polar surface area (TPSA) is 44.1 Å². The summed E-state index contributed by atoms with van der Waals surface area (Å²) in [6.07, 6.45) is 0.734. The molecule has 0 unspecified atom stereocenters. The third-order valence-corrected chi connectivity index (χ3v) is 3.53. The van der Waals surface area contributed by atoms with Gasteiger partial charge in [-0.15, -0.1) is 0 Å². The molecule has 0 fully saturated rings. The number of fused-ring (bicyclic) bond motifs is 1. The van der Waals surface area contributed by atoms with Crippen LogP contribution in [0.15, 0.2) is 42.5 Å². The van der Waals surface area contributed by atoms with Crippen LogP contribution in [0.3, 0.4) is 0 Å². The Balaban J connectivity index is 1.89. The molecule has 0 bridgehead atoms. The molecule has 1 aromatic heterocycles. The first-order valence-electron chi connectivity index (χ1n) is 6.47. The molecule has 0 radical (unpaired) electrons. The number of hydrogen-bond donors (Lipinski definition) is 0. The molecule has 0 N–H and O–H groups in total. The normalized spacial score (nSPS) is 10.8. The second-order valence-electron chi connectivity index (χ2n) is 4.68. The fourth-order valence-electron chi connectivity index (χ4n) is 2.28. The molecule has 0 atom stereocenters. The summed E-state index contributed by atoms with van der Waals surface area (Å²) < 4.78 is 7.54. The Kier molecular flexibility index (Phi) is 3.62. The van der Waals surface area contributed by atoms with Crippen molar-refractivity contribution in [1.82, 2.24) is 9.78 Å². The summed E-state index contributed by atoms with van der Waals surface area (Å²) in [6, 6.07) is 12.9. The van der Waals surface area contributed by atoms with Gasteiger partial charge in [0.15, 0.2) is 6.29 Å². The summed E-state index contributed by atoms with van der Waals surface area (Å²) >= 11 is 5.86. The van der Waals surface area contributed by atoms with Crippen LogP contribution in [0.1, 0.15) is 16.1 Å². The molecule has 4 nitrogen and oxygen atoms in total. The van der Waals surface area contributed by atoms with Crippen LogP contribution >= 0.6 is 11.6 Å². The molecule has 0 aliphatic heterocycles. The van der Waals surface area contributed by atoms with Gasteiger partial charge in [-0.2, -0.15) is 5.10 Å². The Morgan fingerprint density at radius 3 is 2.90 bits per heavy atom. The molecule has 0 saturated heterocycles. The summed E-state index contributed by atoms with van der Waals surface area (Å²) in [7, 11) is 1.89. The van der Waals surface area contributed by atoms with Crippen LogP contribution < -0.4 is 4.74 Å². The van der Waals surface area contributed by atoms with Gasteiger partial charge in [-0.1, -0.05) is 29.8 Å². The zero-order valence-electron chi connectivity index (χ0n) is 11.4. The minimum atomic E-state index is 0.295. The molecule has 3 rings (SSSR count). The van der Waals surface area contributed by atoms with E-state index >= 15 is 0 Å². The number of ether oxygens (including phenoxy) is 1. The van der Waals surface area contributed by atoms with Crippen molar-refractivity contribution in [3.63, 3.8) is 0 Å². The second-order valence-corrected chi connectivity index (χ2v) is 5.11. The lowest BCUT2D eigenvalue weighted by Crippen LogP contribution is -2.00. The molecule has 0 spiro atoms. The smallest absolute Gasteiger partial charge is 0.153 e. The second kappa shape index (κ2) is 5.58. The molecule has 2 aromatic carbocycles. The van der Waals surface area contributed by atoms with Crippen LogP contribution in [0.2, 0.25) is 5.02 Å². The Morgan fingerprint density at radius 1 is 1.29 bits per heavy atom. The highest BCUT2D eigenvalue weighted by molar-refractivity contribution is 6.30. The van der Waals surface area contributed by atoms with Crippen molar-refractivity contribution in [2.24, 2.45) is 7.05 Å². The number of carbonyl (C=O) groups is 1. The first-order chi connectivity index (χ1) is 10.2. The van der Waals surface area contributed by atoms with Crippen molar-refractivity contribution >= 4 is 28.8 Å². The van der Waals surface area contributed by atoms with Crippen LogP contribution in [-0.2, 0) is 13.7 Å². The number of benzene rings is 2. The molecule has 0 amide bonds. The highest BCUT2D eigenvalue weighted by atomic mass is 35.5. The Hall–Kier alpha value is -2.33. The Labute approximate surface area is 126 Å². The van der Waals surface area contributed by atoms with Crippen molar-refractivity contribution in [3.05, 3.63) is 58.7 Å². The fourth-order valence-corrected chi connectivity index (χ4v) is 2.46. The number of nitrogens with zero attached hydrogens (tertiary/aromatic N) is 2. The molecule has 0 aliphatic carbocycles. The largest absolute Gasteiger partial charge is 0.486 e. The van der Waals surface area contributed by atoms with Gasteiger partial charge in [0.25, 0.3) is 0 Å². The minimum Gasteiger partial charge on any atom is -0.486 e. The Morgan fingerprint density at radius 2 is 2.10 bits per heavy atom. The SMILES string of the molecule is Cn1nc(COc2ccc(Cl)cc2C=O)c2ccccc21. The summed E-state index contributed by atoms with van der Waals surface area (Å²) in [5.74, 6) is 0.504. The predicted octanol–water partition coefficient (Wildman–Crippen LogP) is 3.62. The highest BCUT2D eigenvalue weighted by Gasteiger charge is 2.10. The molecule has 106 valence electrons. The van der Waals surface area contributed by atoms with Gasteiger partial charge < -0.3 is 4.74 Å². The molecule has 21 heavy (non-hydrogen) atoms. The molecule has 1 heterocycles. The van der Waals surface area contributed by atoms with E-state index in [-0.39, 0.29) is 0 Å². The van der Waals surface area contributed by atoms with Crippen LogP contribution in [0.25, 0.3) is 10.9 Å². The fraction of sp³-hybridized carbons (Fsp3) is 0.125. The maximum atomic E-state index is 11.0. The lowest BCUT2D eigenvalue weighted by atomic mass is 10.2. The van der Waals surface area contributed by atoms with E-state index in [9.17, 15) is 4.79 Å². The van der Waals surface area contributed by atoms with Crippen LogP contribution in [0, 0.1) is 0 Å². The summed E-state index contributed by atoms with van der Waals surface area (Å²) in [4.78, 5) is 11.0.